The minimum atomic E-state index is -4.78. The van der Waals surface area contributed by atoms with E-state index in [9.17, 15) is 22.4 Å². The van der Waals surface area contributed by atoms with Crippen molar-refractivity contribution in [1.82, 2.24) is 15.3 Å². The topological polar surface area (TPSA) is 70.2 Å². The molecule has 1 aliphatic carbocycles. The van der Waals surface area contributed by atoms with E-state index in [1.54, 1.807) is 0 Å². The van der Waals surface area contributed by atoms with E-state index >= 15 is 0 Å². The van der Waals surface area contributed by atoms with E-state index in [0.717, 1.165) is 41.7 Å². The summed E-state index contributed by atoms with van der Waals surface area (Å²) in [4.78, 5) is 23.8. The summed E-state index contributed by atoms with van der Waals surface area (Å²) in [5.74, 6) is -0.409. The highest BCUT2D eigenvalue weighted by atomic mass is 19.4. The molecule has 0 radical (unpaired) electrons. The van der Waals surface area contributed by atoms with Gasteiger partial charge in [-0.1, -0.05) is 18.2 Å². The average molecular weight is 490 g/mol. The number of aromatic nitrogens is 2. The zero-order chi connectivity index (χ0) is 25.2. The molecular weight excluding hydrogens is 462 g/mol. The molecule has 2 N–H and O–H groups in total. The van der Waals surface area contributed by atoms with Crippen molar-refractivity contribution in [2.45, 2.75) is 44.4 Å². The summed E-state index contributed by atoms with van der Waals surface area (Å²) in [7, 11) is 3.86. The van der Waals surface area contributed by atoms with Crippen molar-refractivity contribution in [3.05, 3.63) is 59.4 Å². The zero-order valence-electron chi connectivity index (χ0n) is 19.5. The molecule has 1 aromatic heterocycles. The van der Waals surface area contributed by atoms with Gasteiger partial charge >= 0.3 is 6.18 Å². The number of fused-ring (bicyclic) bond motifs is 1. The number of hydrogen-bond acceptors (Lipinski definition) is 5. The molecule has 0 atom stereocenters. The van der Waals surface area contributed by atoms with Crippen LogP contribution < -0.4 is 15.5 Å². The molecule has 1 aliphatic rings. The van der Waals surface area contributed by atoms with Crippen LogP contribution in [0.4, 0.5) is 29.3 Å². The minimum absolute atomic E-state index is 0.0847. The number of rotatable bonds is 6. The fourth-order valence-electron chi connectivity index (χ4n) is 4.38. The maximum atomic E-state index is 13.5. The Morgan fingerprint density at radius 3 is 2.46 bits per heavy atom. The fourth-order valence-corrected chi connectivity index (χ4v) is 4.38. The van der Waals surface area contributed by atoms with Crippen LogP contribution in [0.3, 0.4) is 0 Å². The van der Waals surface area contributed by atoms with Gasteiger partial charge in [-0.3, -0.25) is 4.79 Å². The molecule has 35 heavy (non-hydrogen) atoms. The van der Waals surface area contributed by atoms with E-state index < -0.39 is 17.6 Å². The van der Waals surface area contributed by atoms with Crippen LogP contribution in [0.2, 0.25) is 0 Å². The van der Waals surface area contributed by atoms with Crippen molar-refractivity contribution >= 4 is 28.6 Å². The van der Waals surface area contributed by atoms with E-state index in [0.29, 0.717) is 18.8 Å². The molecule has 186 valence electrons. The Kier molecular flexibility index (Phi) is 7.09. The molecule has 2 aromatic carbocycles. The molecule has 0 unspecified atom stereocenters. The summed E-state index contributed by atoms with van der Waals surface area (Å²) in [5.41, 5.74) is -0.284. The number of benzene rings is 2. The molecule has 0 aliphatic heterocycles. The molecule has 10 heteroatoms. The van der Waals surface area contributed by atoms with Crippen molar-refractivity contribution in [2.75, 3.05) is 24.3 Å². The van der Waals surface area contributed by atoms with Gasteiger partial charge in [0, 0.05) is 38.0 Å². The van der Waals surface area contributed by atoms with Crippen molar-refractivity contribution in [3.63, 3.8) is 0 Å². The first kappa shape index (κ1) is 24.7. The Labute approximate surface area is 200 Å². The first-order chi connectivity index (χ1) is 16.6. The number of nitrogens with one attached hydrogen (secondary N) is 2. The fraction of sp³-hybridized carbons (Fsp3) is 0.400. The van der Waals surface area contributed by atoms with Crippen molar-refractivity contribution in [1.29, 1.82) is 0 Å². The molecule has 1 fully saturated rings. The second-order valence-electron chi connectivity index (χ2n) is 9.01. The van der Waals surface area contributed by atoms with Crippen molar-refractivity contribution in [3.8, 4) is 0 Å². The van der Waals surface area contributed by atoms with Crippen LogP contribution in [-0.4, -0.2) is 36.0 Å². The Morgan fingerprint density at radius 2 is 1.77 bits per heavy atom. The third kappa shape index (κ3) is 5.80. The predicted molar refractivity (Wildman–Crippen MR) is 126 cm³/mol. The van der Waals surface area contributed by atoms with E-state index in [2.05, 4.69) is 20.6 Å². The summed E-state index contributed by atoms with van der Waals surface area (Å²) >= 11 is 0. The van der Waals surface area contributed by atoms with Gasteiger partial charge in [-0.05, 0) is 55.5 Å². The van der Waals surface area contributed by atoms with Gasteiger partial charge in [-0.25, -0.2) is 9.37 Å². The summed E-state index contributed by atoms with van der Waals surface area (Å²) in [6, 6.07) is 10.7. The Balaban J connectivity index is 1.33. The van der Waals surface area contributed by atoms with Gasteiger partial charge in [0.1, 0.15) is 11.6 Å². The molecule has 0 bridgehead atoms. The number of nitrogens with zero attached hydrogens (tertiary/aromatic N) is 3. The van der Waals surface area contributed by atoms with Gasteiger partial charge in [-0.15, -0.1) is 0 Å². The zero-order valence-corrected chi connectivity index (χ0v) is 19.5. The second-order valence-corrected chi connectivity index (χ2v) is 9.01. The van der Waals surface area contributed by atoms with Crippen LogP contribution in [0.15, 0.2) is 42.5 Å². The van der Waals surface area contributed by atoms with E-state index in [4.69, 9.17) is 0 Å². The monoisotopic (exact) mass is 489 g/mol. The number of halogens is 4. The number of hydrogen-bond donors (Lipinski definition) is 2. The average Bonchev–Trinajstić information content (AvgIpc) is 2.82. The molecular formula is C25H27F4N5O. The predicted octanol–water partition coefficient (Wildman–Crippen LogP) is 5.14. The van der Waals surface area contributed by atoms with Gasteiger partial charge in [0.15, 0.2) is 0 Å². The number of anilines is 2. The molecule has 4 rings (SSSR count). The maximum absolute atomic E-state index is 13.5. The number of alkyl halides is 3. The van der Waals surface area contributed by atoms with Crippen molar-refractivity contribution < 1.29 is 22.4 Å². The van der Waals surface area contributed by atoms with Crippen LogP contribution in [0.5, 0.6) is 0 Å². The number of amides is 1. The summed E-state index contributed by atoms with van der Waals surface area (Å²) in [6.07, 6.45) is -2.04. The molecule has 1 saturated carbocycles. The molecule has 3 aromatic rings. The first-order valence-corrected chi connectivity index (χ1v) is 11.5. The van der Waals surface area contributed by atoms with Crippen LogP contribution in [-0.2, 0) is 17.5 Å². The quantitative estimate of drug-likeness (QED) is 0.469. The standard InChI is InChI=1S/C25H27F4N5O/c1-34(2)22-18-5-3-4-6-21(18)32-24(33-22)31-17-10-8-16(9-11-17)23(35)30-14-15-7-12-20(26)19(13-15)25(27,28)29/h3-7,12-13,16-17H,8-11,14H2,1-2H3,(H,30,35)(H,31,32,33)/t16-,17+. The Morgan fingerprint density at radius 1 is 1.06 bits per heavy atom. The summed E-state index contributed by atoms with van der Waals surface area (Å²) < 4.78 is 52.2. The number of para-hydroxylation sites is 1. The lowest BCUT2D eigenvalue weighted by Crippen LogP contribution is -2.36. The van der Waals surface area contributed by atoms with Crippen LogP contribution in [0, 0.1) is 11.7 Å². The lowest BCUT2D eigenvalue weighted by Gasteiger charge is -2.28. The van der Waals surface area contributed by atoms with Gasteiger partial charge in [0.2, 0.25) is 11.9 Å². The molecule has 0 spiro atoms. The minimum Gasteiger partial charge on any atom is -0.362 e. The van der Waals surface area contributed by atoms with Gasteiger partial charge in [0.25, 0.3) is 0 Å². The lowest BCUT2D eigenvalue weighted by molar-refractivity contribution is -0.140. The van der Waals surface area contributed by atoms with Crippen LogP contribution >= 0.6 is 0 Å². The first-order valence-electron chi connectivity index (χ1n) is 11.5. The van der Waals surface area contributed by atoms with Crippen LogP contribution in [0.1, 0.15) is 36.8 Å². The van der Waals surface area contributed by atoms with Gasteiger partial charge in [0.05, 0.1) is 11.1 Å². The highest BCUT2D eigenvalue weighted by Gasteiger charge is 2.34. The van der Waals surface area contributed by atoms with E-state index in [1.807, 2.05) is 43.3 Å². The second kappa shape index (κ2) is 10.1. The lowest BCUT2D eigenvalue weighted by atomic mass is 9.85. The van der Waals surface area contributed by atoms with Crippen molar-refractivity contribution in [2.24, 2.45) is 5.92 Å². The summed E-state index contributed by atoms with van der Waals surface area (Å²) in [6.45, 7) is -0.0847. The molecule has 1 heterocycles. The maximum Gasteiger partial charge on any atom is 0.419 e. The number of carbonyl (C=O) groups excluding carboxylic acids is 1. The Bertz CT molecular complexity index is 1210. The molecule has 0 saturated heterocycles. The Hall–Kier alpha value is -3.43. The van der Waals surface area contributed by atoms with Gasteiger partial charge in [-0.2, -0.15) is 18.2 Å². The highest BCUT2D eigenvalue weighted by molar-refractivity contribution is 5.90. The smallest absolute Gasteiger partial charge is 0.362 e. The van der Waals surface area contributed by atoms with Gasteiger partial charge < -0.3 is 15.5 Å². The van der Waals surface area contributed by atoms with E-state index in [-0.39, 0.29) is 30.0 Å². The largest absolute Gasteiger partial charge is 0.419 e. The molecule has 1 amide bonds. The third-order valence-electron chi connectivity index (χ3n) is 6.24. The third-order valence-corrected chi connectivity index (χ3v) is 6.24. The van der Waals surface area contributed by atoms with E-state index in [1.165, 1.54) is 6.07 Å². The highest BCUT2D eigenvalue weighted by Crippen LogP contribution is 2.32. The SMILES string of the molecule is CN(C)c1nc(N[C@H]2CC[C@@H](C(=O)NCc3ccc(F)c(C(F)(F)F)c3)CC2)nc2ccccc12. The number of carbonyl (C=O) groups is 1. The normalized spacial score (nSPS) is 18.3. The molecule has 6 nitrogen and oxygen atoms in total. The van der Waals surface area contributed by atoms with Crippen LogP contribution in [0.25, 0.3) is 10.9 Å². The summed E-state index contributed by atoms with van der Waals surface area (Å²) in [5, 5.41) is 7.05.